The zero-order chi connectivity index (χ0) is 13.9. The van der Waals surface area contributed by atoms with Crippen molar-refractivity contribution in [3.05, 3.63) is 35.9 Å². The van der Waals surface area contributed by atoms with E-state index < -0.39 is 0 Å². The topological polar surface area (TPSA) is 38.3 Å². The summed E-state index contributed by atoms with van der Waals surface area (Å²) in [7, 11) is 0. The fraction of sp³-hybridized carbons (Fsp3) is 0.562. The second-order valence-electron chi connectivity index (χ2n) is 4.96. The fourth-order valence-electron chi connectivity index (χ4n) is 1.92. The highest BCUT2D eigenvalue weighted by Crippen LogP contribution is 2.06. The molecule has 1 rings (SSSR count). The van der Waals surface area contributed by atoms with Crippen LogP contribution in [0.3, 0.4) is 0 Å². The van der Waals surface area contributed by atoms with Crippen LogP contribution >= 0.6 is 0 Å². The molecule has 0 aliphatic heterocycles. The number of hydrogen-bond donors (Lipinski definition) is 1. The number of benzene rings is 1. The number of unbranched alkanes of at least 4 members (excludes halogenated alkanes) is 3. The zero-order valence-corrected chi connectivity index (χ0v) is 12.0. The lowest BCUT2D eigenvalue weighted by molar-refractivity contribution is 0.136. The average Bonchev–Trinajstić information content (AvgIpc) is 2.42. The Balaban J connectivity index is 2.13. The molecule has 19 heavy (non-hydrogen) atoms. The molecule has 0 aromatic heterocycles. The molecule has 3 nitrogen and oxygen atoms in total. The molecule has 1 aromatic carbocycles. The number of carbonyl (C=O) groups excluding carboxylic acids is 1. The molecule has 0 fully saturated rings. The van der Waals surface area contributed by atoms with Crippen LogP contribution in [-0.4, -0.2) is 12.1 Å². The van der Waals surface area contributed by atoms with Gasteiger partial charge < -0.3 is 10.1 Å². The smallest absolute Gasteiger partial charge is 0.407 e. The molecule has 1 atom stereocenters. The highest BCUT2D eigenvalue weighted by Gasteiger charge is 2.07. The molecule has 0 aliphatic carbocycles. The van der Waals surface area contributed by atoms with Gasteiger partial charge in [0.1, 0.15) is 6.61 Å². The predicted octanol–water partition coefficient (Wildman–Crippen LogP) is 4.27. The quantitative estimate of drug-likeness (QED) is 0.711. The number of rotatable bonds is 8. The van der Waals surface area contributed by atoms with Gasteiger partial charge in [0.05, 0.1) is 0 Å². The molecule has 0 radical (unpaired) electrons. The molecular weight excluding hydrogens is 238 g/mol. The van der Waals surface area contributed by atoms with E-state index in [2.05, 4.69) is 12.2 Å². The number of nitrogens with one attached hydrogen (secondary N) is 1. The minimum Gasteiger partial charge on any atom is -0.445 e. The van der Waals surface area contributed by atoms with Crippen molar-refractivity contribution < 1.29 is 9.53 Å². The molecular formula is C16H25NO2. The first kappa shape index (κ1) is 15.5. The highest BCUT2D eigenvalue weighted by atomic mass is 16.5. The van der Waals surface area contributed by atoms with Gasteiger partial charge in [-0.25, -0.2) is 4.79 Å². The Morgan fingerprint density at radius 3 is 2.63 bits per heavy atom. The molecule has 0 bridgehead atoms. The lowest BCUT2D eigenvalue weighted by atomic mass is 10.1. The van der Waals surface area contributed by atoms with Crippen LogP contribution in [-0.2, 0) is 11.3 Å². The van der Waals surface area contributed by atoms with Crippen molar-refractivity contribution in [2.45, 2.75) is 58.6 Å². The Morgan fingerprint density at radius 1 is 1.21 bits per heavy atom. The van der Waals surface area contributed by atoms with Crippen LogP contribution in [0.15, 0.2) is 30.3 Å². The van der Waals surface area contributed by atoms with E-state index >= 15 is 0 Å². The SMILES string of the molecule is CCCCCCC(C)NC(=O)OCc1ccccc1. The van der Waals surface area contributed by atoms with Gasteiger partial charge >= 0.3 is 6.09 Å². The van der Waals surface area contributed by atoms with E-state index in [1.165, 1.54) is 19.3 Å². The Kier molecular flexibility index (Phi) is 7.71. The first-order valence-electron chi connectivity index (χ1n) is 7.19. The van der Waals surface area contributed by atoms with Gasteiger partial charge in [-0.3, -0.25) is 0 Å². The van der Waals surface area contributed by atoms with Gasteiger partial charge in [-0.15, -0.1) is 0 Å². The van der Waals surface area contributed by atoms with E-state index in [9.17, 15) is 4.79 Å². The van der Waals surface area contributed by atoms with Crippen molar-refractivity contribution in [2.24, 2.45) is 0 Å². The number of ether oxygens (including phenoxy) is 1. The molecule has 1 N–H and O–H groups in total. The van der Waals surface area contributed by atoms with Crippen LogP contribution in [0.1, 0.15) is 51.5 Å². The van der Waals surface area contributed by atoms with Crippen LogP contribution in [0.5, 0.6) is 0 Å². The summed E-state index contributed by atoms with van der Waals surface area (Å²) in [5, 5.41) is 2.87. The highest BCUT2D eigenvalue weighted by molar-refractivity contribution is 5.67. The van der Waals surface area contributed by atoms with Crippen LogP contribution in [0.25, 0.3) is 0 Å². The minimum absolute atomic E-state index is 0.181. The van der Waals surface area contributed by atoms with Gasteiger partial charge in [0.2, 0.25) is 0 Å². The lowest BCUT2D eigenvalue weighted by Crippen LogP contribution is -2.32. The molecule has 1 aromatic rings. The Morgan fingerprint density at radius 2 is 1.95 bits per heavy atom. The minimum atomic E-state index is -0.327. The maximum atomic E-state index is 11.6. The largest absolute Gasteiger partial charge is 0.445 e. The summed E-state index contributed by atoms with van der Waals surface area (Å²) in [5.74, 6) is 0. The lowest BCUT2D eigenvalue weighted by Gasteiger charge is -2.13. The fourth-order valence-corrected chi connectivity index (χ4v) is 1.92. The van der Waals surface area contributed by atoms with Crippen LogP contribution < -0.4 is 5.32 Å². The van der Waals surface area contributed by atoms with Crippen molar-refractivity contribution >= 4 is 6.09 Å². The summed E-state index contributed by atoms with van der Waals surface area (Å²) in [6, 6.07) is 9.89. The van der Waals surface area contributed by atoms with Crippen LogP contribution in [0.2, 0.25) is 0 Å². The second kappa shape index (κ2) is 9.42. The standard InChI is InChI=1S/C16H25NO2/c1-3-4-5-7-10-14(2)17-16(18)19-13-15-11-8-6-9-12-15/h6,8-9,11-12,14H,3-5,7,10,13H2,1-2H3,(H,17,18). The Labute approximate surface area is 116 Å². The van der Waals surface area contributed by atoms with Crippen LogP contribution in [0.4, 0.5) is 4.79 Å². The molecule has 1 amide bonds. The normalized spacial score (nSPS) is 11.9. The number of hydrogen-bond acceptors (Lipinski definition) is 2. The van der Waals surface area contributed by atoms with Crippen molar-refractivity contribution in [1.29, 1.82) is 0 Å². The first-order chi connectivity index (χ1) is 9.22. The van der Waals surface area contributed by atoms with Crippen molar-refractivity contribution in [2.75, 3.05) is 0 Å². The van der Waals surface area contributed by atoms with E-state index in [1.807, 2.05) is 37.3 Å². The van der Waals surface area contributed by atoms with Gasteiger partial charge in [0, 0.05) is 6.04 Å². The van der Waals surface area contributed by atoms with E-state index in [4.69, 9.17) is 4.74 Å². The number of amides is 1. The maximum absolute atomic E-state index is 11.6. The predicted molar refractivity (Wildman–Crippen MR) is 78.0 cm³/mol. The van der Waals surface area contributed by atoms with Gasteiger partial charge in [-0.1, -0.05) is 62.9 Å². The Bertz CT molecular complexity index is 351. The van der Waals surface area contributed by atoms with E-state index in [1.54, 1.807) is 0 Å². The third-order valence-electron chi connectivity index (χ3n) is 3.07. The third-order valence-corrected chi connectivity index (χ3v) is 3.07. The molecule has 0 heterocycles. The molecule has 3 heteroatoms. The molecule has 106 valence electrons. The molecule has 0 spiro atoms. The summed E-state index contributed by atoms with van der Waals surface area (Å²) in [5.41, 5.74) is 1.01. The number of carbonyl (C=O) groups is 1. The molecule has 0 saturated heterocycles. The van der Waals surface area contributed by atoms with Crippen molar-refractivity contribution in [1.82, 2.24) is 5.32 Å². The summed E-state index contributed by atoms with van der Waals surface area (Å²) >= 11 is 0. The van der Waals surface area contributed by atoms with Gasteiger partial charge in [-0.05, 0) is 18.9 Å². The summed E-state index contributed by atoms with van der Waals surface area (Å²) < 4.78 is 5.18. The average molecular weight is 263 g/mol. The van der Waals surface area contributed by atoms with E-state index in [0.29, 0.717) is 6.61 Å². The first-order valence-corrected chi connectivity index (χ1v) is 7.19. The van der Waals surface area contributed by atoms with Crippen molar-refractivity contribution in [3.63, 3.8) is 0 Å². The third kappa shape index (κ3) is 7.50. The number of alkyl carbamates (subject to hydrolysis) is 1. The summed E-state index contributed by atoms with van der Waals surface area (Å²) in [4.78, 5) is 11.6. The molecule has 0 saturated carbocycles. The Hall–Kier alpha value is -1.51. The summed E-state index contributed by atoms with van der Waals surface area (Å²) in [6.07, 6.45) is 5.59. The van der Waals surface area contributed by atoms with Gasteiger partial charge in [0.25, 0.3) is 0 Å². The summed E-state index contributed by atoms with van der Waals surface area (Å²) in [6.45, 7) is 4.55. The monoisotopic (exact) mass is 263 g/mol. The zero-order valence-electron chi connectivity index (χ0n) is 12.0. The van der Waals surface area contributed by atoms with Gasteiger partial charge in [-0.2, -0.15) is 0 Å². The van der Waals surface area contributed by atoms with Crippen LogP contribution in [0, 0.1) is 0 Å². The second-order valence-corrected chi connectivity index (χ2v) is 4.96. The molecule has 0 aliphatic rings. The maximum Gasteiger partial charge on any atom is 0.407 e. The van der Waals surface area contributed by atoms with Gasteiger partial charge in [0.15, 0.2) is 0 Å². The molecule has 1 unspecified atom stereocenters. The van der Waals surface area contributed by atoms with E-state index in [0.717, 1.165) is 18.4 Å². The van der Waals surface area contributed by atoms with E-state index in [-0.39, 0.29) is 12.1 Å². The van der Waals surface area contributed by atoms with Crippen molar-refractivity contribution in [3.8, 4) is 0 Å².